The molecule has 1 saturated heterocycles. The molecule has 2 N–H and O–H groups in total. The molecular formula is C42H48N4O10. The average Bonchev–Trinajstić information content (AvgIpc) is 3.22. The van der Waals surface area contributed by atoms with Crippen LogP contribution in [0.3, 0.4) is 0 Å². The van der Waals surface area contributed by atoms with Crippen molar-refractivity contribution < 1.29 is 48.3 Å². The Morgan fingerprint density at radius 2 is 0.804 bits per heavy atom. The molecule has 1 fully saturated rings. The number of hydrogen-bond donors (Lipinski definition) is 2. The van der Waals surface area contributed by atoms with Gasteiger partial charge in [-0.3, -0.25) is 19.4 Å². The number of piperazine rings is 1. The second kappa shape index (κ2) is 20.5. The lowest BCUT2D eigenvalue weighted by Gasteiger charge is -2.34. The summed E-state index contributed by atoms with van der Waals surface area (Å²) in [6, 6.07) is 29.2. The van der Waals surface area contributed by atoms with E-state index in [1.54, 1.807) is 43.4 Å². The minimum atomic E-state index is -0.602. The Morgan fingerprint density at radius 3 is 1.09 bits per heavy atom. The van der Waals surface area contributed by atoms with Gasteiger partial charge in [-0.1, -0.05) is 72.8 Å². The van der Waals surface area contributed by atoms with Gasteiger partial charge in [0.15, 0.2) is 0 Å². The van der Waals surface area contributed by atoms with Crippen LogP contribution in [0.15, 0.2) is 97.1 Å². The van der Waals surface area contributed by atoms with Gasteiger partial charge in [0.05, 0.1) is 53.6 Å². The quantitative estimate of drug-likeness (QED) is 0.149. The van der Waals surface area contributed by atoms with Crippen LogP contribution in [0.1, 0.15) is 33.4 Å². The molecule has 0 bridgehead atoms. The first kappa shape index (κ1) is 41.1. The van der Waals surface area contributed by atoms with Gasteiger partial charge in [-0.25, -0.2) is 9.59 Å². The number of aliphatic hydroxyl groups excluding tert-OH is 2. The molecule has 1 aliphatic heterocycles. The van der Waals surface area contributed by atoms with Crippen molar-refractivity contribution in [3.63, 3.8) is 0 Å². The predicted octanol–water partition coefficient (Wildman–Crippen LogP) is 4.34. The largest absolute Gasteiger partial charge is 0.497 e. The van der Waals surface area contributed by atoms with Crippen molar-refractivity contribution in [1.29, 1.82) is 0 Å². The van der Waals surface area contributed by atoms with Crippen molar-refractivity contribution in [2.45, 2.75) is 39.4 Å². The lowest BCUT2D eigenvalue weighted by Crippen LogP contribution is -2.55. The summed E-state index contributed by atoms with van der Waals surface area (Å²) in [6.45, 7) is 0.212. The molecule has 296 valence electrons. The Hall–Kier alpha value is -6.12. The number of carbonyl (C=O) groups is 4. The van der Waals surface area contributed by atoms with Gasteiger partial charge < -0.3 is 39.0 Å². The predicted molar refractivity (Wildman–Crippen MR) is 205 cm³/mol. The van der Waals surface area contributed by atoms with Crippen LogP contribution >= 0.6 is 0 Å². The van der Waals surface area contributed by atoms with Gasteiger partial charge >= 0.3 is 12.2 Å². The van der Waals surface area contributed by atoms with Gasteiger partial charge in [-0.15, -0.1) is 0 Å². The highest BCUT2D eigenvalue weighted by Crippen LogP contribution is 2.19. The summed E-state index contributed by atoms with van der Waals surface area (Å²) in [5.74, 6) is 0.748. The summed E-state index contributed by atoms with van der Waals surface area (Å²) in [4.78, 5) is 58.5. The number of carbonyl (C=O) groups excluding carboxylic acids is 4. The van der Waals surface area contributed by atoms with Crippen LogP contribution in [-0.4, -0.2) is 107 Å². The molecule has 0 saturated carbocycles. The number of ether oxygens (including phenoxy) is 4. The van der Waals surface area contributed by atoms with Crippen molar-refractivity contribution in [2.24, 2.45) is 0 Å². The van der Waals surface area contributed by atoms with Gasteiger partial charge in [-0.05, 0) is 57.6 Å². The summed E-state index contributed by atoms with van der Waals surface area (Å²) in [7, 11) is 3.16. The molecule has 0 atom stereocenters. The zero-order valence-corrected chi connectivity index (χ0v) is 31.7. The maximum Gasteiger partial charge on any atom is 0.410 e. The highest BCUT2D eigenvalue weighted by Gasteiger charge is 2.30. The highest BCUT2D eigenvalue weighted by atomic mass is 16.6. The van der Waals surface area contributed by atoms with Gasteiger partial charge in [0.25, 0.3) is 0 Å². The number of rotatable bonds is 18. The van der Waals surface area contributed by atoms with Crippen molar-refractivity contribution in [3.8, 4) is 11.5 Å². The first-order chi connectivity index (χ1) is 27.2. The maximum atomic E-state index is 13.3. The molecule has 0 aromatic heterocycles. The molecule has 0 spiro atoms. The molecule has 0 radical (unpaired) electrons. The van der Waals surface area contributed by atoms with E-state index in [0.29, 0.717) is 11.5 Å². The fourth-order valence-corrected chi connectivity index (χ4v) is 5.99. The summed E-state index contributed by atoms with van der Waals surface area (Å²) >= 11 is 0. The van der Waals surface area contributed by atoms with E-state index in [0.717, 1.165) is 33.4 Å². The van der Waals surface area contributed by atoms with Crippen molar-refractivity contribution in [3.05, 3.63) is 130 Å². The molecule has 14 nitrogen and oxygen atoms in total. The third-order valence-electron chi connectivity index (χ3n) is 9.27. The molecule has 5 rings (SSSR count). The third-order valence-corrected chi connectivity index (χ3v) is 9.27. The number of amides is 4. The van der Waals surface area contributed by atoms with Gasteiger partial charge in [-0.2, -0.15) is 0 Å². The normalized spacial score (nSPS) is 12.6. The van der Waals surface area contributed by atoms with Crippen LogP contribution in [0.2, 0.25) is 0 Å². The Morgan fingerprint density at radius 1 is 0.518 bits per heavy atom. The first-order valence-electron chi connectivity index (χ1n) is 18.2. The van der Waals surface area contributed by atoms with Gasteiger partial charge in [0.2, 0.25) is 11.8 Å². The van der Waals surface area contributed by atoms with E-state index < -0.39 is 12.2 Å². The number of aliphatic hydroxyl groups is 2. The number of methoxy groups -OCH3 is 2. The zero-order valence-electron chi connectivity index (χ0n) is 31.7. The average molecular weight is 769 g/mol. The minimum Gasteiger partial charge on any atom is -0.497 e. The van der Waals surface area contributed by atoms with Gasteiger partial charge in [0, 0.05) is 26.2 Å². The molecule has 14 heteroatoms. The Kier molecular flexibility index (Phi) is 15.0. The summed E-state index contributed by atoms with van der Waals surface area (Å²) < 4.78 is 21.7. The van der Waals surface area contributed by atoms with Crippen LogP contribution < -0.4 is 9.47 Å². The monoisotopic (exact) mass is 768 g/mol. The lowest BCUT2D eigenvalue weighted by molar-refractivity contribution is -0.150. The van der Waals surface area contributed by atoms with Crippen LogP contribution in [0.25, 0.3) is 0 Å². The number of nitrogens with zero attached hydrogens (tertiary/aromatic N) is 4. The fourth-order valence-electron chi connectivity index (χ4n) is 5.99. The molecule has 56 heavy (non-hydrogen) atoms. The van der Waals surface area contributed by atoms with Crippen molar-refractivity contribution in [1.82, 2.24) is 19.6 Å². The van der Waals surface area contributed by atoms with Crippen molar-refractivity contribution >= 4 is 24.0 Å². The Labute approximate surface area is 326 Å². The number of benzene rings is 4. The van der Waals surface area contributed by atoms with E-state index in [4.69, 9.17) is 18.9 Å². The zero-order chi connectivity index (χ0) is 39.9. The third kappa shape index (κ3) is 11.9. The van der Waals surface area contributed by atoms with Crippen LogP contribution in [0.4, 0.5) is 9.59 Å². The van der Waals surface area contributed by atoms with E-state index in [2.05, 4.69) is 0 Å². The minimum absolute atomic E-state index is 0.0229. The lowest BCUT2D eigenvalue weighted by atomic mass is 10.1. The van der Waals surface area contributed by atoms with E-state index in [1.165, 1.54) is 14.7 Å². The Balaban J connectivity index is 1.11. The topological polar surface area (TPSA) is 159 Å². The smallest absolute Gasteiger partial charge is 0.410 e. The fraction of sp³-hybridized carbons (Fsp3) is 0.333. The molecule has 4 aromatic carbocycles. The number of hydrogen-bond acceptors (Lipinski definition) is 10. The molecule has 4 amide bonds. The molecule has 0 unspecified atom stereocenters. The van der Waals surface area contributed by atoms with E-state index in [-0.39, 0.29) is 90.6 Å². The SMILES string of the molecule is COc1ccc(CN(Cc2ccc(OC)cc2)C(=O)OCCN2CC(=O)N(CCOC(=O)N(Cc3ccc(CO)cc3)Cc3ccc(CO)cc3)CC2=O)cc1. The second-order valence-corrected chi connectivity index (χ2v) is 13.2. The molecule has 4 aromatic rings. The molecule has 1 heterocycles. The molecular weight excluding hydrogens is 720 g/mol. The van der Waals surface area contributed by atoms with Crippen LogP contribution in [-0.2, 0) is 58.5 Å². The first-order valence-corrected chi connectivity index (χ1v) is 18.2. The van der Waals surface area contributed by atoms with Gasteiger partial charge in [0.1, 0.15) is 24.7 Å². The maximum absolute atomic E-state index is 13.3. The summed E-state index contributed by atoms with van der Waals surface area (Å²) in [5, 5.41) is 18.8. The molecule has 1 aliphatic rings. The standard InChI is InChI=1S/C42H48N4O10/c1-53-37-15-11-33(12-16-37)25-46(26-34-13-17-38(54-2)18-14-34)42(52)56-22-20-44-28-39(49)43(27-40(44)50)19-21-55-41(51)45(23-31-3-7-35(29-47)8-4-31)24-32-5-9-36(30-48)10-6-32/h3-18,47-48H,19-30H2,1-2H3. The second-order valence-electron chi connectivity index (χ2n) is 13.2. The van der Waals surface area contributed by atoms with E-state index in [9.17, 15) is 29.4 Å². The van der Waals surface area contributed by atoms with Crippen LogP contribution in [0, 0.1) is 0 Å². The summed E-state index contributed by atoms with van der Waals surface area (Å²) in [5.41, 5.74) is 4.89. The highest BCUT2D eigenvalue weighted by molar-refractivity contribution is 5.92. The van der Waals surface area contributed by atoms with E-state index >= 15 is 0 Å². The Bertz CT molecular complexity index is 1650. The molecule has 0 aliphatic carbocycles. The summed E-state index contributed by atoms with van der Waals surface area (Å²) in [6.07, 6.45) is -1.18. The van der Waals surface area contributed by atoms with Crippen molar-refractivity contribution in [2.75, 3.05) is 53.6 Å². The van der Waals surface area contributed by atoms with E-state index in [1.807, 2.05) is 72.8 Å². The van der Waals surface area contributed by atoms with Crippen LogP contribution in [0.5, 0.6) is 11.5 Å².